The van der Waals surface area contributed by atoms with Crippen LogP contribution in [0.5, 0.6) is 0 Å². The van der Waals surface area contributed by atoms with Gasteiger partial charge in [0.25, 0.3) is 5.91 Å². The Labute approximate surface area is 185 Å². The minimum absolute atomic E-state index is 0.0109. The third-order valence-corrected chi connectivity index (χ3v) is 6.59. The van der Waals surface area contributed by atoms with E-state index in [1.165, 1.54) is 5.69 Å². The molecular formula is C23H35N5O3. The number of ether oxygens (including phenoxy) is 1. The number of hydrogen-bond acceptors (Lipinski definition) is 6. The highest BCUT2D eigenvalue weighted by Crippen LogP contribution is 2.20. The Morgan fingerprint density at radius 1 is 0.968 bits per heavy atom. The maximum absolute atomic E-state index is 12.5. The van der Waals surface area contributed by atoms with Crippen molar-refractivity contribution in [2.24, 2.45) is 0 Å². The number of piperazine rings is 2. The number of carbonyl (C=O) groups is 2. The number of amides is 2. The first-order chi connectivity index (χ1) is 15.1. The van der Waals surface area contributed by atoms with E-state index in [9.17, 15) is 9.59 Å². The fourth-order valence-corrected chi connectivity index (χ4v) is 4.58. The molecule has 1 atom stereocenters. The summed E-state index contributed by atoms with van der Waals surface area (Å²) in [7, 11) is 0. The van der Waals surface area contributed by atoms with Crippen molar-refractivity contribution in [1.82, 2.24) is 14.7 Å². The van der Waals surface area contributed by atoms with Crippen LogP contribution in [0.4, 0.5) is 11.4 Å². The molecule has 0 radical (unpaired) electrons. The first kappa shape index (κ1) is 22.0. The lowest BCUT2D eigenvalue weighted by atomic mass is 10.2. The Balaban J connectivity index is 1.19. The molecule has 0 aliphatic carbocycles. The fraction of sp³-hybridized carbons (Fsp3) is 0.652. The fourth-order valence-electron chi connectivity index (χ4n) is 4.58. The van der Waals surface area contributed by atoms with Gasteiger partial charge in [-0.2, -0.15) is 0 Å². The number of carbonyl (C=O) groups excluding carboxylic acids is 2. The molecule has 8 heteroatoms. The average Bonchev–Trinajstić information content (AvgIpc) is 3.35. The van der Waals surface area contributed by atoms with Crippen molar-refractivity contribution in [1.29, 1.82) is 0 Å². The van der Waals surface area contributed by atoms with Gasteiger partial charge in [-0.05, 0) is 43.7 Å². The quantitative estimate of drug-likeness (QED) is 0.730. The first-order valence-corrected chi connectivity index (χ1v) is 11.6. The second kappa shape index (κ2) is 10.4. The number of benzene rings is 1. The smallest absolute Gasteiger partial charge is 0.251 e. The van der Waals surface area contributed by atoms with Gasteiger partial charge in [-0.3, -0.25) is 14.5 Å². The van der Waals surface area contributed by atoms with Crippen LogP contribution in [-0.4, -0.2) is 105 Å². The Bertz CT molecular complexity index is 734. The molecule has 1 unspecified atom stereocenters. The summed E-state index contributed by atoms with van der Waals surface area (Å²) in [6, 6.07) is 8.15. The summed E-state index contributed by atoms with van der Waals surface area (Å²) in [5.41, 5.74) is 2.04. The number of anilines is 2. The zero-order valence-electron chi connectivity index (χ0n) is 18.6. The lowest BCUT2D eigenvalue weighted by Crippen LogP contribution is -2.52. The van der Waals surface area contributed by atoms with Gasteiger partial charge in [0.05, 0.1) is 6.54 Å². The number of likely N-dealkylation sites (N-methyl/N-ethyl adjacent to an activating group) is 1. The topological polar surface area (TPSA) is 68.4 Å². The van der Waals surface area contributed by atoms with E-state index in [4.69, 9.17) is 4.74 Å². The number of nitrogens with zero attached hydrogens (tertiary/aromatic N) is 4. The number of hydrogen-bond donors (Lipinski definition) is 1. The summed E-state index contributed by atoms with van der Waals surface area (Å²) in [5.74, 6) is 0.0982. The highest BCUT2D eigenvalue weighted by Gasteiger charge is 2.30. The van der Waals surface area contributed by atoms with E-state index >= 15 is 0 Å². The predicted octanol–water partition coefficient (Wildman–Crippen LogP) is 1.09. The summed E-state index contributed by atoms with van der Waals surface area (Å²) in [6.45, 7) is 11.4. The van der Waals surface area contributed by atoms with Crippen LogP contribution >= 0.6 is 0 Å². The summed E-state index contributed by atoms with van der Waals surface area (Å²) in [4.78, 5) is 33.8. The predicted molar refractivity (Wildman–Crippen MR) is 121 cm³/mol. The molecule has 8 nitrogen and oxygen atoms in total. The van der Waals surface area contributed by atoms with Gasteiger partial charge in [0.1, 0.15) is 6.10 Å². The van der Waals surface area contributed by atoms with Crippen LogP contribution in [0.2, 0.25) is 0 Å². The zero-order chi connectivity index (χ0) is 21.6. The van der Waals surface area contributed by atoms with Gasteiger partial charge in [0, 0.05) is 70.3 Å². The number of rotatable bonds is 6. The molecule has 1 aromatic rings. The van der Waals surface area contributed by atoms with Crippen LogP contribution in [0.3, 0.4) is 0 Å². The largest absolute Gasteiger partial charge is 0.369 e. The molecule has 4 rings (SSSR count). The molecule has 31 heavy (non-hydrogen) atoms. The molecule has 3 aliphatic rings. The first-order valence-electron chi connectivity index (χ1n) is 11.6. The van der Waals surface area contributed by atoms with Crippen LogP contribution in [0.1, 0.15) is 19.8 Å². The van der Waals surface area contributed by atoms with E-state index in [1.807, 2.05) is 17.0 Å². The SMILES string of the molecule is CCN1CCN(c2ccc(NC(=O)CN3CCN(C(=O)C4CCCO4)CC3)cc2)CC1. The second-order valence-electron chi connectivity index (χ2n) is 8.62. The van der Waals surface area contributed by atoms with Gasteiger partial charge < -0.3 is 24.8 Å². The Hall–Kier alpha value is -2.16. The number of nitrogens with one attached hydrogen (secondary N) is 1. The van der Waals surface area contributed by atoms with Crippen LogP contribution in [-0.2, 0) is 14.3 Å². The minimum atomic E-state index is -0.256. The Kier molecular flexibility index (Phi) is 7.42. The average molecular weight is 430 g/mol. The summed E-state index contributed by atoms with van der Waals surface area (Å²) < 4.78 is 5.51. The second-order valence-corrected chi connectivity index (χ2v) is 8.62. The molecular weight excluding hydrogens is 394 g/mol. The van der Waals surface area contributed by atoms with Gasteiger partial charge in [-0.25, -0.2) is 0 Å². The van der Waals surface area contributed by atoms with E-state index in [1.54, 1.807) is 0 Å². The zero-order valence-corrected chi connectivity index (χ0v) is 18.6. The molecule has 0 aromatic heterocycles. The molecule has 0 bridgehead atoms. The summed E-state index contributed by atoms with van der Waals surface area (Å²) >= 11 is 0. The van der Waals surface area contributed by atoms with Gasteiger partial charge in [0.2, 0.25) is 5.91 Å². The van der Waals surface area contributed by atoms with Crippen LogP contribution in [0, 0.1) is 0 Å². The third-order valence-electron chi connectivity index (χ3n) is 6.59. The monoisotopic (exact) mass is 429 g/mol. The van der Waals surface area contributed by atoms with Crippen LogP contribution in [0.15, 0.2) is 24.3 Å². The van der Waals surface area contributed by atoms with E-state index in [0.29, 0.717) is 39.3 Å². The highest BCUT2D eigenvalue weighted by molar-refractivity contribution is 5.92. The van der Waals surface area contributed by atoms with E-state index in [-0.39, 0.29) is 17.9 Å². The van der Waals surface area contributed by atoms with Gasteiger partial charge >= 0.3 is 0 Å². The molecule has 1 aromatic carbocycles. The molecule has 1 N–H and O–H groups in total. The van der Waals surface area contributed by atoms with Crippen molar-refractivity contribution >= 4 is 23.2 Å². The Morgan fingerprint density at radius 3 is 2.26 bits per heavy atom. The van der Waals surface area contributed by atoms with E-state index in [0.717, 1.165) is 51.3 Å². The molecule has 3 saturated heterocycles. The summed E-state index contributed by atoms with van der Waals surface area (Å²) in [5, 5.41) is 3.01. The molecule has 3 heterocycles. The lowest BCUT2D eigenvalue weighted by Gasteiger charge is -2.35. The lowest BCUT2D eigenvalue weighted by molar-refractivity contribution is -0.142. The van der Waals surface area contributed by atoms with Gasteiger partial charge in [-0.15, -0.1) is 0 Å². The highest BCUT2D eigenvalue weighted by atomic mass is 16.5. The van der Waals surface area contributed by atoms with Gasteiger partial charge in [-0.1, -0.05) is 6.92 Å². The van der Waals surface area contributed by atoms with Crippen molar-refractivity contribution in [3.63, 3.8) is 0 Å². The molecule has 170 valence electrons. The van der Waals surface area contributed by atoms with E-state index < -0.39 is 0 Å². The maximum atomic E-state index is 12.5. The standard InChI is InChI=1S/C23H35N5O3/c1-2-25-9-13-27(14-10-25)20-7-5-19(6-8-20)24-22(29)18-26-11-15-28(16-12-26)23(30)21-4-3-17-31-21/h5-8,21H,2-4,9-18H2,1H3,(H,24,29). The molecule has 3 aliphatic heterocycles. The minimum Gasteiger partial charge on any atom is -0.369 e. The maximum Gasteiger partial charge on any atom is 0.251 e. The van der Waals surface area contributed by atoms with Crippen LogP contribution in [0.25, 0.3) is 0 Å². The molecule has 2 amide bonds. The van der Waals surface area contributed by atoms with Crippen molar-refractivity contribution in [2.45, 2.75) is 25.9 Å². The van der Waals surface area contributed by atoms with Crippen molar-refractivity contribution in [3.05, 3.63) is 24.3 Å². The normalized spacial score (nSPS) is 23.2. The molecule has 0 spiro atoms. The van der Waals surface area contributed by atoms with E-state index in [2.05, 4.69) is 39.1 Å². The van der Waals surface area contributed by atoms with Gasteiger partial charge in [0.15, 0.2) is 0 Å². The Morgan fingerprint density at radius 2 is 1.65 bits per heavy atom. The van der Waals surface area contributed by atoms with Crippen molar-refractivity contribution < 1.29 is 14.3 Å². The third kappa shape index (κ3) is 5.75. The summed E-state index contributed by atoms with van der Waals surface area (Å²) in [6.07, 6.45) is 1.54. The molecule has 0 saturated carbocycles. The van der Waals surface area contributed by atoms with Crippen molar-refractivity contribution in [2.75, 3.05) is 82.3 Å². The van der Waals surface area contributed by atoms with Crippen LogP contribution < -0.4 is 10.2 Å². The van der Waals surface area contributed by atoms with Crippen molar-refractivity contribution in [3.8, 4) is 0 Å². The molecule has 3 fully saturated rings.